The van der Waals surface area contributed by atoms with Gasteiger partial charge in [-0.3, -0.25) is 4.79 Å². The molecule has 82 valence electrons. The molecule has 1 rings (SSSR count). The molecule has 0 aromatic heterocycles. The Morgan fingerprint density at radius 2 is 2.13 bits per heavy atom. The number of nitrogens with zero attached hydrogens (tertiary/aromatic N) is 1. The van der Waals surface area contributed by atoms with Crippen LogP contribution in [0.1, 0.15) is 6.92 Å². The number of amides is 1. The van der Waals surface area contributed by atoms with Crippen LogP contribution < -0.4 is 4.90 Å². The fourth-order valence-electron chi connectivity index (χ4n) is 1.25. The number of anilines is 1. The quantitative estimate of drug-likeness (QED) is 0.794. The first-order valence-electron chi connectivity index (χ1n) is 4.80. The predicted molar refractivity (Wildman–Crippen MR) is 63.3 cm³/mol. The van der Waals surface area contributed by atoms with Crippen LogP contribution in [-0.2, 0) is 4.79 Å². The van der Waals surface area contributed by atoms with Crippen molar-refractivity contribution in [2.75, 3.05) is 24.3 Å². The molecule has 1 aromatic carbocycles. The van der Waals surface area contributed by atoms with Crippen LogP contribution in [0.5, 0.6) is 0 Å². The number of carbonyl (C=O) groups is 1. The maximum Gasteiger partial charge on any atom is 0.252 e. The number of rotatable bonds is 4. The van der Waals surface area contributed by atoms with Crippen LogP contribution in [-0.4, -0.2) is 30.4 Å². The summed E-state index contributed by atoms with van der Waals surface area (Å²) < 4.78 is 0. The molecular weight excluding hydrogens is 210 g/mol. The predicted octanol–water partition coefficient (Wildman–Crippen LogP) is 1.75. The highest BCUT2D eigenvalue weighted by atomic mass is 32.2. The monoisotopic (exact) mass is 225 g/mol. The summed E-state index contributed by atoms with van der Waals surface area (Å²) in [5, 5.41) is 8.79. The number of para-hydroxylation sites is 1. The number of hydrogen-bond acceptors (Lipinski definition) is 3. The number of aliphatic hydroxyl groups is 1. The minimum Gasteiger partial charge on any atom is -0.387 e. The van der Waals surface area contributed by atoms with Crippen molar-refractivity contribution in [2.24, 2.45) is 0 Å². The number of carbonyl (C=O) groups excluding carboxylic acids is 1. The summed E-state index contributed by atoms with van der Waals surface area (Å²) >= 11 is 1.68. The summed E-state index contributed by atoms with van der Waals surface area (Å²) in [6.45, 7) is 1.61. The molecule has 0 heterocycles. The molecule has 15 heavy (non-hydrogen) atoms. The third kappa shape index (κ3) is 2.97. The van der Waals surface area contributed by atoms with E-state index in [1.54, 1.807) is 18.8 Å². The van der Waals surface area contributed by atoms with Crippen LogP contribution in [0.4, 0.5) is 5.69 Å². The summed E-state index contributed by atoms with van der Waals surface area (Å²) in [5.74, 6) is 0.664. The van der Waals surface area contributed by atoms with Gasteiger partial charge in [0.05, 0.1) is 5.69 Å². The molecule has 1 amide bonds. The average molecular weight is 225 g/mol. The van der Waals surface area contributed by atoms with Crippen molar-refractivity contribution in [3.05, 3.63) is 24.3 Å². The van der Waals surface area contributed by atoms with Crippen LogP contribution in [0.15, 0.2) is 29.2 Å². The van der Waals surface area contributed by atoms with E-state index in [1.165, 1.54) is 4.90 Å². The fourth-order valence-corrected chi connectivity index (χ4v) is 2.09. The molecule has 0 aliphatic carbocycles. The summed E-state index contributed by atoms with van der Waals surface area (Å²) in [6.07, 6.45) is 0. The highest BCUT2D eigenvalue weighted by molar-refractivity contribution is 7.99. The molecule has 0 saturated carbocycles. The molecule has 0 aliphatic heterocycles. The molecule has 0 spiro atoms. The summed E-state index contributed by atoms with van der Waals surface area (Å²) in [4.78, 5) is 13.9. The van der Waals surface area contributed by atoms with Gasteiger partial charge >= 0.3 is 0 Å². The van der Waals surface area contributed by atoms with Gasteiger partial charge in [-0.15, -0.1) is 11.8 Å². The Hall–Kier alpha value is -1.00. The molecule has 3 nitrogen and oxygen atoms in total. The minimum absolute atomic E-state index is 0.292. The van der Waals surface area contributed by atoms with Crippen molar-refractivity contribution >= 4 is 23.4 Å². The third-order valence-electron chi connectivity index (χ3n) is 2.04. The van der Waals surface area contributed by atoms with E-state index in [2.05, 4.69) is 6.92 Å². The number of thioether (sulfide) groups is 1. The van der Waals surface area contributed by atoms with Gasteiger partial charge in [0.1, 0.15) is 6.61 Å². The van der Waals surface area contributed by atoms with E-state index in [9.17, 15) is 4.79 Å². The van der Waals surface area contributed by atoms with Gasteiger partial charge in [-0.25, -0.2) is 0 Å². The lowest BCUT2D eigenvalue weighted by molar-refractivity contribution is -0.120. The lowest BCUT2D eigenvalue weighted by atomic mass is 10.3. The molecule has 1 aromatic rings. The van der Waals surface area contributed by atoms with Gasteiger partial charge in [0, 0.05) is 11.9 Å². The Labute approximate surface area is 94.1 Å². The fraction of sp³-hybridized carbons (Fsp3) is 0.364. The van der Waals surface area contributed by atoms with E-state index >= 15 is 0 Å². The molecule has 1 N–H and O–H groups in total. The van der Waals surface area contributed by atoms with E-state index < -0.39 is 6.61 Å². The van der Waals surface area contributed by atoms with Crippen molar-refractivity contribution in [1.82, 2.24) is 0 Å². The number of likely N-dealkylation sites (N-methyl/N-ethyl adjacent to an activating group) is 1. The zero-order valence-corrected chi connectivity index (χ0v) is 9.75. The summed E-state index contributed by atoms with van der Waals surface area (Å²) in [6, 6.07) is 7.69. The number of hydrogen-bond donors (Lipinski definition) is 1. The molecular formula is C11H15NO2S. The minimum atomic E-state index is -0.457. The maximum absolute atomic E-state index is 11.3. The van der Waals surface area contributed by atoms with Gasteiger partial charge in [-0.1, -0.05) is 19.1 Å². The molecule has 0 radical (unpaired) electrons. The summed E-state index contributed by atoms with van der Waals surface area (Å²) in [7, 11) is 1.67. The van der Waals surface area contributed by atoms with Gasteiger partial charge < -0.3 is 10.0 Å². The topological polar surface area (TPSA) is 40.5 Å². The standard InChI is InChI=1S/C11H15NO2S/c1-3-15-10-7-5-4-6-9(10)12(2)11(14)8-13/h4-7,13H,3,8H2,1-2H3. The second kappa shape index (κ2) is 5.78. The number of aliphatic hydroxyl groups excluding tert-OH is 1. The normalized spacial score (nSPS) is 10.1. The van der Waals surface area contributed by atoms with Crippen molar-refractivity contribution in [1.29, 1.82) is 0 Å². The molecule has 0 aliphatic rings. The van der Waals surface area contributed by atoms with Crippen molar-refractivity contribution in [3.8, 4) is 0 Å². The van der Waals surface area contributed by atoms with Crippen LogP contribution in [0.2, 0.25) is 0 Å². The van der Waals surface area contributed by atoms with E-state index in [4.69, 9.17) is 5.11 Å². The Bertz CT molecular complexity index is 341. The number of benzene rings is 1. The van der Waals surface area contributed by atoms with E-state index in [-0.39, 0.29) is 5.91 Å². The lowest BCUT2D eigenvalue weighted by Crippen LogP contribution is -2.29. The second-order valence-corrected chi connectivity index (χ2v) is 4.32. The van der Waals surface area contributed by atoms with Crippen molar-refractivity contribution < 1.29 is 9.90 Å². The van der Waals surface area contributed by atoms with Crippen LogP contribution >= 0.6 is 11.8 Å². The third-order valence-corrected chi connectivity index (χ3v) is 2.98. The SMILES string of the molecule is CCSc1ccccc1N(C)C(=O)CO. The smallest absolute Gasteiger partial charge is 0.252 e. The zero-order valence-electron chi connectivity index (χ0n) is 8.93. The Balaban J connectivity index is 2.96. The molecule has 0 atom stereocenters. The average Bonchev–Trinajstić information content (AvgIpc) is 2.28. The van der Waals surface area contributed by atoms with Crippen LogP contribution in [0.3, 0.4) is 0 Å². The van der Waals surface area contributed by atoms with E-state index in [0.717, 1.165) is 16.3 Å². The Morgan fingerprint density at radius 3 is 2.73 bits per heavy atom. The molecule has 4 heteroatoms. The lowest BCUT2D eigenvalue weighted by Gasteiger charge is -2.19. The highest BCUT2D eigenvalue weighted by Crippen LogP contribution is 2.28. The first-order chi connectivity index (χ1) is 7.20. The summed E-state index contributed by atoms with van der Waals surface area (Å²) in [5.41, 5.74) is 0.850. The van der Waals surface area contributed by atoms with Crippen molar-refractivity contribution in [2.45, 2.75) is 11.8 Å². The van der Waals surface area contributed by atoms with Gasteiger partial charge in [0.25, 0.3) is 5.91 Å². The zero-order chi connectivity index (χ0) is 11.3. The molecule has 0 fully saturated rings. The molecule has 0 bridgehead atoms. The van der Waals surface area contributed by atoms with Crippen LogP contribution in [0.25, 0.3) is 0 Å². The molecule has 0 unspecified atom stereocenters. The van der Waals surface area contributed by atoms with Gasteiger partial charge in [-0.2, -0.15) is 0 Å². The maximum atomic E-state index is 11.3. The first kappa shape index (κ1) is 12.1. The molecule has 0 saturated heterocycles. The van der Waals surface area contributed by atoms with E-state index in [0.29, 0.717) is 0 Å². The van der Waals surface area contributed by atoms with Crippen LogP contribution in [0, 0.1) is 0 Å². The highest BCUT2D eigenvalue weighted by Gasteiger charge is 2.12. The first-order valence-corrected chi connectivity index (χ1v) is 5.78. The largest absolute Gasteiger partial charge is 0.387 e. The van der Waals surface area contributed by atoms with E-state index in [1.807, 2.05) is 24.3 Å². The van der Waals surface area contributed by atoms with Gasteiger partial charge in [-0.05, 0) is 17.9 Å². The Kier molecular flexibility index (Phi) is 4.65. The Morgan fingerprint density at radius 1 is 1.47 bits per heavy atom. The van der Waals surface area contributed by atoms with Gasteiger partial charge in [0.15, 0.2) is 0 Å². The second-order valence-electron chi connectivity index (χ2n) is 3.01. The van der Waals surface area contributed by atoms with Gasteiger partial charge in [0.2, 0.25) is 0 Å². The van der Waals surface area contributed by atoms with Crippen molar-refractivity contribution in [3.63, 3.8) is 0 Å².